The lowest BCUT2D eigenvalue weighted by Gasteiger charge is -2.18. The number of aromatic hydroxyl groups is 1. The molecule has 0 saturated heterocycles. The molecule has 5 heteroatoms. The van der Waals surface area contributed by atoms with Crippen LogP contribution in [0.25, 0.3) is 0 Å². The minimum atomic E-state index is -0.185. The van der Waals surface area contributed by atoms with E-state index in [-0.39, 0.29) is 17.8 Å². The van der Waals surface area contributed by atoms with E-state index in [1.807, 2.05) is 25.1 Å². The molecule has 24 heavy (non-hydrogen) atoms. The first-order chi connectivity index (χ1) is 11.5. The Morgan fingerprint density at radius 1 is 1.00 bits per heavy atom. The largest absolute Gasteiger partial charge is 0.508 e. The lowest BCUT2D eigenvalue weighted by Crippen LogP contribution is -2.07. The molecule has 5 nitrogen and oxygen atoms in total. The molecule has 2 aromatic carbocycles. The fourth-order valence-electron chi connectivity index (χ4n) is 3.22. The molecule has 0 bridgehead atoms. The minimum absolute atomic E-state index is 0.0681. The summed E-state index contributed by atoms with van der Waals surface area (Å²) in [7, 11) is 4.80. The molecule has 1 N–H and O–H groups in total. The van der Waals surface area contributed by atoms with Gasteiger partial charge >= 0.3 is 0 Å². The average Bonchev–Trinajstić information content (AvgIpc) is 2.92. The van der Waals surface area contributed by atoms with E-state index >= 15 is 0 Å². The predicted octanol–water partition coefficient (Wildman–Crippen LogP) is 3.96. The van der Waals surface area contributed by atoms with E-state index in [9.17, 15) is 5.11 Å². The van der Waals surface area contributed by atoms with Gasteiger partial charge in [-0.1, -0.05) is 13.0 Å². The summed E-state index contributed by atoms with van der Waals surface area (Å²) in [5.41, 5.74) is 2.60. The molecule has 0 amide bonds. The van der Waals surface area contributed by atoms with Gasteiger partial charge in [0.1, 0.15) is 11.9 Å². The van der Waals surface area contributed by atoms with Crippen molar-refractivity contribution in [2.75, 3.05) is 21.3 Å². The second kappa shape index (κ2) is 6.15. The number of rotatable bonds is 4. The van der Waals surface area contributed by atoms with Gasteiger partial charge in [0.25, 0.3) is 0 Å². The summed E-state index contributed by atoms with van der Waals surface area (Å²) >= 11 is 0. The fraction of sp³-hybridized carbons (Fsp3) is 0.368. The first kappa shape index (κ1) is 16.3. The Balaban J connectivity index is 2.04. The first-order valence-electron chi connectivity index (χ1n) is 7.80. The Morgan fingerprint density at radius 3 is 2.33 bits per heavy atom. The first-order valence-corrected chi connectivity index (χ1v) is 7.80. The molecule has 2 aromatic rings. The van der Waals surface area contributed by atoms with Crippen molar-refractivity contribution in [3.05, 3.63) is 41.0 Å². The third-order valence-electron chi connectivity index (χ3n) is 4.62. The topological polar surface area (TPSA) is 57.2 Å². The summed E-state index contributed by atoms with van der Waals surface area (Å²) in [6.45, 7) is 3.88. The maximum Gasteiger partial charge on any atom is 0.167 e. The summed E-state index contributed by atoms with van der Waals surface area (Å²) in [6, 6.07) is 7.52. The monoisotopic (exact) mass is 330 g/mol. The zero-order chi connectivity index (χ0) is 17.4. The van der Waals surface area contributed by atoms with Crippen LogP contribution in [-0.4, -0.2) is 26.4 Å². The summed E-state index contributed by atoms with van der Waals surface area (Å²) in [5, 5.41) is 10.1. The molecule has 2 atom stereocenters. The van der Waals surface area contributed by atoms with Gasteiger partial charge in [-0.15, -0.1) is 0 Å². The number of hydrogen-bond acceptors (Lipinski definition) is 5. The van der Waals surface area contributed by atoms with Crippen molar-refractivity contribution in [3.63, 3.8) is 0 Å². The highest BCUT2D eigenvalue weighted by Gasteiger charge is 2.36. The highest BCUT2D eigenvalue weighted by molar-refractivity contribution is 5.61. The van der Waals surface area contributed by atoms with Crippen LogP contribution in [0.2, 0.25) is 0 Å². The standard InChI is InChI=1S/C19H22O5/c1-10-13-9-14(20)11(2)18(23-5)19(13)24-17(10)12-6-7-15(21-3)16(8-12)22-4/h6-10,17,20H,1-5H3/t10-,17?/m0/s1. The van der Waals surface area contributed by atoms with Crippen molar-refractivity contribution in [2.24, 2.45) is 0 Å². The van der Waals surface area contributed by atoms with Gasteiger partial charge in [0.15, 0.2) is 23.0 Å². The van der Waals surface area contributed by atoms with Crippen LogP contribution in [-0.2, 0) is 0 Å². The van der Waals surface area contributed by atoms with Crippen molar-refractivity contribution < 1.29 is 24.1 Å². The van der Waals surface area contributed by atoms with Crippen LogP contribution in [0, 0.1) is 6.92 Å². The van der Waals surface area contributed by atoms with Crippen molar-refractivity contribution in [1.82, 2.24) is 0 Å². The molecular formula is C19H22O5. The molecule has 0 aliphatic carbocycles. The highest BCUT2D eigenvalue weighted by atomic mass is 16.5. The van der Waals surface area contributed by atoms with E-state index in [2.05, 4.69) is 6.92 Å². The van der Waals surface area contributed by atoms with Crippen LogP contribution in [0.5, 0.6) is 28.7 Å². The normalized spacial score (nSPS) is 18.7. The number of benzene rings is 2. The molecule has 128 valence electrons. The van der Waals surface area contributed by atoms with E-state index in [4.69, 9.17) is 18.9 Å². The van der Waals surface area contributed by atoms with E-state index in [1.54, 1.807) is 27.4 Å². The Morgan fingerprint density at radius 2 is 1.71 bits per heavy atom. The van der Waals surface area contributed by atoms with Gasteiger partial charge < -0.3 is 24.1 Å². The van der Waals surface area contributed by atoms with Gasteiger partial charge in [-0.2, -0.15) is 0 Å². The molecule has 0 radical (unpaired) electrons. The lowest BCUT2D eigenvalue weighted by molar-refractivity contribution is 0.207. The van der Waals surface area contributed by atoms with Crippen LogP contribution in [0.4, 0.5) is 0 Å². The molecule has 1 aliphatic rings. The molecule has 3 rings (SSSR count). The van der Waals surface area contributed by atoms with Crippen LogP contribution >= 0.6 is 0 Å². The third-order valence-corrected chi connectivity index (χ3v) is 4.62. The van der Waals surface area contributed by atoms with E-state index in [0.717, 1.165) is 11.1 Å². The van der Waals surface area contributed by atoms with E-state index in [0.29, 0.717) is 28.6 Å². The average molecular weight is 330 g/mol. The van der Waals surface area contributed by atoms with Gasteiger partial charge in [-0.05, 0) is 30.7 Å². The van der Waals surface area contributed by atoms with Gasteiger partial charge in [0, 0.05) is 17.0 Å². The molecule has 0 spiro atoms. The number of methoxy groups -OCH3 is 3. The summed E-state index contributed by atoms with van der Waals surface area (Å²) in [6.07, 6.45) is -0.185. The molecule has 1 unspecified atom stereocenters. The fourth-order valence-corrected chi connectivity index (χ4v) is 3.22. The van der Waals surface area contributed by atoms with Crippen LogP contribution in [0.1, 0.15) is 35.6 Å². The van der Waals surface area contributed by atoms with Gasteiger partial charge in [-0.3, -0.25) is 0 Å². The highest BCUT2D eigenvalue weighted by Crippen LogP contribution is 2.53. The third kappa shape index (κ3) is 2.40. The lowest BCUT2D eigenvalue weighted by atomic mass is 9.92. The summed E-state index contributed by atoms with van der Waals surface area (Å²) in [5.74, 6) is 2.90. The number of hydrogen-bond donors (Lipinski definition) is 1. The second-order valence-electron chi connectivity index (χ2n) is 5.91. The van der Waals surface area contributed by atoms with Gasteiger partial charge in [0.2, 0.25) is 0 Å². The van der Waals surface area contributed by atoms with Crippen molar-refractivity contribution in [2.45, 2.75) is 25.9 Å². The Bertz CT molecular complexity index is 769. The van der Waals surface area contributed by atoms with Gasteiger partial charge in [-0.25, -0.2) is 0 Å². The van der Waals surface area contributed by atoms with Crippen LogP contribution in [0.15, 0.2) is 24.3 Å². The number of phenolic OH excluding ortho intramolecular Hbond substituents is 1. The summed E-state index contributed by atoms with van der Waals surface area (Å²) < 4.78 is 22.3. The summed E-state index contributed by atoms with van der Waals surface area (Å²) in [4.78, 5) is 0. The van der Waals surface area contributed by atoms with Gasteiger partial charge in [0.05, 0.1) is 21.3 Å². The minimum Gasteiger partial charge on any atom is -0.508 e. The predicted molar refractivity (Wildman–Crippen MR) is 90.7 cm³/mol. The van der Waals surface area contributed by atoms with Crippen LogP contribution < -0.4 is 18.9 Å². The van der Waals surface area contributed by atoms with E-state index in [1.165, 1.54) is 0 Å². The Kier molecular flexibility index (Phi) is 4.18. The molecule has 0 aromatic heterocycles. The van der Waals surface area contributed by atoms with Crippen LogP contribution in [0.3, 0.4) is 0 Å². The second-order valence-corrected chi connectivity index (χ2v) is 5.91. The zero-order valence-corrected chi connectivity index (χ0v) is 14.5. The molecule has 1 aliphatic heterocycles. The SMILES string of the molecule is COc1ccc(C2Oc3c(cc(O)c(C)c3OC)[C@@H]2C)cc1OC. The molecular weight excluding hydrogens is 308 g/mol. The quantitative estimate of drug-likeness (QED) is 0.919. The Hall–Kier alpha value is -2.56. The van der Waals surface area contributed by atoms with Crippen molar-refractivity contribution >= 4 is 0 Å². The maximum absolute atomic E-state index is 10.1. The van der Waals surface area contributed by atoms with Crippen molar-refractivity contribution in [1.29, 1.82) is 0 Å². The smallest absolute Gasteiger partial charge is 0.167 e. The zero-order valence-electron chi connectivity index (χ0n) is 14.5. The maximum atomic E-state index is 10.1. The number of ether oxygens (including phenoxy) is 4. The Labute approximate surface area is 141 Å². The molecule has 1 heterocycles. The molecule has 0 fully saturated rings. The number of phenols is 1. The molecule has 0 saturated carbocycles. The van der Waals surface area contributed by atoms with E-state index < -0.39 is 0 Å². The van der Waals surface area contributed by atoms with Crippen molar-refractivity contribution in [3.8, 4) is 28.7 Å². The number of fused-ring (bicyclic) bond motifs is 1.